The molecule has 0 radical (unpaired) electrons. The quantitative estimate of drug-likeness (QED) is 0.556. The van der Waals surface area contributed by atoms with Crippen molar-refractivity contribution in [3.05, 3.63) is 0 Å². The molecule has 11 heavy (non-hydrogen) atoms. The summed E-state index contributed by atoms with van der Waals surface area (Å²) in [4.78, 5) is 10.3. The largest absolute Gasteiger partial charge is 0.386 e. The van der Waals surface area contributed by atoms with Crippen LogP contribution >= 0.6 is 0 Å². The predicted octanol–water partition coefficient (Wildman–Crippen LogP) is -0.276. The number of carbonyl (C=O) groups excluding carboxylic acids is 1. The van der Waals surface area contributed by atoms with Crippen LogP contribution in [0.15, 0.2) is 0 Å². The maximum absolute atomic E-state index is 10.3. The molecule has 2 aliphatic heterocycles. The van der Waals surface area contributed by atoms with Gasteiger partial charge in [-0.05, 0) is 12.3 Å². The lowest BCUT2D eigenvalue weighted by atomic mass is 9.94. The number of rotatable bonds is 2. The first-order valence-corrected chi connectivity index (χ1v) is 4.09. The Labute approximate surface area is 64.3 Å². The van der Waals surface area contributed by atoms with Gasteiger partial charge in [0.2, 0.25) is 0 Å². The van der Waals surface area contributed by atoms with Crippen molar-refractivity contribution in [3.8, 4) is 0 Å². The third kappa shape index (κ3) is 0.490. The predicted molar refractivity (Wildman–Crippen MR) is 35.9 cm³/mol. The second-order valence-electron chi connectivity index (χ2n) is 3.88. The standard InChI is InChI=1S/C8H10O3/c9-2-1-8(10)5-3-4-6(8)7(4)11-5/h2,4-7,10H,1,3H2. The van der Waals surface area contributed by atoms with Gasteiger partial charge in [0, 0.05) is 12.3 Å². The molecule has 2 saturated carbocycles. The van der Waals surface area contributed by atoms with E-state index in [0.29, 0.717) is 12.0 Å². The van der Waals surface area contributed by atoms with Gasteiger partial charge in [0.15, 0.2) is 0 Å². The van der Waals surface area contributed by atoms with Crippen LogP contribution in [0.25, 0.3) is 0 Å². The molecule has 0 aromatic heterocycles. The number of aldehydes is 1. The van der Waals surface area contributed by atoms with Crippen LogP contribution in [0.1, 0.15) is 12.8 Å². The zero-order valence-electron chi connectivity index (χ0n) is 6.06. The first-order chi connectivity index (χ1) is 5.27. The van der Waals surface area contributed by atoms with Crippen molar-refractivity contribution in [2.75, 3.05) is 0 Å². The van der Waals surface area contributed by atoms with Crippen LogP contribution in [-0.4, -0.2) is 29.2 Å². The summed E-state index contributed by atoms with van der Waals surface area (Å²) in [6, 6.07) is 0. The van der Waals surface area contributed by atoms with Crippen LogP contribution in [0.3, 0.4) is 0 Å². The number of ether oxygens (including phenoxy) is 1. The highest BCUT2D eigenvalue weighted by Crippen LogP contribution is 2.67. The molecule has 0 amide bonds. The summed E-state index contributed by atoms with van der Waals surface area (Å²) < 4.78 is 5.47. The van der Waals surface area contributed by atoms with E-state index in [4.69, 9.17) is 4.74 Å². The molecule has 3 heteroatoms. The van der Waals surface area contributed by atoms with Gasteiger partial charge < -0.3 is 14.6 Å². The number of hydrogen-bond donors (Lipinski definition) is 1. The van der Waals surface area contributed by atoms with Crippen LogP contribution in [0.2, 0.25) is 0 Å². The minimum absolute atomic E-state index is 0.0345. The Balaban J connectivity index is 1.94. The van der Waals surface area contributed by atoms with Crippen molar-refractivity contribution in [2.24, 2.45) is 11.8 Å². The molecule has 0 spiro atoms. The van der Waals surface area contributed by atoms with Gasteiger partial charge in [-0.3, -0.25) is 0 Å². The van der Waals surface area contributed by atoms with E-state index in [0.717, 1.165) is 12.7 Å². The zero-order chi connectivity index (χ0) is 7.64. The molecule has 4 bridgehead atoms. The summed E-state index contributed by atoms with van der Waals surface area (Å²) in [5.74, 6) is 0.864. The SMILES string of the molecule is O=CCC1(O)C2CC3C(O2)C31. The highest BCUT2D eigenvalue weighted by Gasteiger charge is 2.77. The highest BCUT2D eigenvalue weighted by molar-refractivity contribution is 5.53. The fourth-order valence-electron chi connectivity index (χ4n) is 2.89. The topological polar surface area (TPSA) is 46.5 Å². The van der Waals surface area contributed by atoms with Gasteiger partial charge in [-0.2, -0.15) is 0 Å². The van der Waals surface area contributed by atoms with Crippen LogP contribution < -0.4 is 0 Å². The minimum Gasteiger partial charge on any atom is -0.386 e. The summed E-state index contributed by atoms with van der Waals surface area (Å²) in [7, 11) is 0. The average Bonchev–Trinajstić information content (AvgIpc) is 2.35. The van der Waals surface area contributed by atoms with E-state index in [9.17, 15) is 9.90 Å². The lowest BCUT2D eigenvalue weighted by molar-refractivity contribution is -0.115. The van der Waals surface area contributed by atoms with Crippen molar-refractivity contribution in [1.29, 1.82) is 0 Å². The van der Waals surface area contributed by atoms with E-state index in [1.54, 1.807) is 0 Å². The lowest BCUT2D eigenvalue weighted by Gasteiger charge is -2.22. The van der Waals surface area contributed by atoms with Gasteiger partial charge in [-0.1, -0.05) is 0 Å². The molecule has 3 nitrogen and oxygen atoms in total. The normalized spacial score (nSPS) is 63.4. The van der Waals surface area contributed by atoms with E-state index >= 15 is 0 Å². The Morgan fingerprint density at radius 1 is 1.73 bits per heavy atom. The van der Waals surface area contributed by atoms with E-state index in [1.807, 2.05) is 0 Å². The van der Waals surface area contributed by atoms with Crippen LogP contribution in [0.4, 0.5) is 0 Å². The molecule has 0 aromatic rings. The Hall–Kier alpha value is -0.410. The molecule has 4 fully saturated rings. The summed E-state index contributed by atoms with van der Waals surface area (Å²) >= 11 is 0. The van der Waals surface area contributed by atoms with Crippen molar-refractivity contribution >= 4 is 6.29 Å². The Kier molecular flexibility index (Phi) is 0.848. The van der Waals surface area contributed by atoms with Gasteiger partial charge in [0.1, 0.15) is 11.9 Å². The number of carbonyl (C=O) groups is 1. The van der Waals surface area contributed by atoms with Crippen LogP contribution in [-0.2, 0) is 9.53 Å². The summed E-state index contributed by atoms with van der Waals surface area (Å²) in [5, 5.41) is 9.96. The summed E-state index contributed by atoms with van der Waals surface area (Å²) in [5.41, 5.74) is -0.781. The van der Waals surface area contributed by atoms with Crippen LogP contribution in [0, 0.1) is 11.8 Å². The van der Waals surface area contributed by atoms with E-state index in [1.165, 1.54) is 0 Å². The summed E-state index contributed by atoms with van der Waals surface area (Å²) in [6.45, 7) is 0. The molecule has 2 aliphatic carbocycles. The van der Waals surface area contributed by atoms with Gasteiger partial charge >= 0.3 is 0 Å². The monoisotopic (exact) mass is 154 g/mol. The Morgan fingerprint density at radius 2 is 2.55 bits per heavy atom. The van der Waals surface area contributed by atoms with E-state index in [-0.39, 0.29) is 18.4 Å². The molecule has 4 aliphatic rings. The third-order valence-electron chi connectivity index (χ3n) is 3.45. The van der Waals surface area contributed by atoms with E-state index in [2.05, 4.69) is 0 Å². The highest BCUT2D eigenvalue weighted by atomic mass is 16.5. The Bertz CT molecular complexity index is 211. The van der Waals surface area contributed by atoms with Gasteiger partial charge in [0.25, 0.3) is 0 Å². The van der Waals surface area contributed by atoms with Gasteiger partial charge in [-0.15, -0.1) is 0 Å². The maximum atomic E-state index is 10.3. The molecule has 1 N–H and O–H groups in total. The second kappa shape index (κ2) is 1.52. The van der Waals surface area contributed by atoms with E-state index < -0.39 is 5.60 Å². The number of aliphatic hydroxyl groups is 1. The first kappa shape index (κ1) is 6.14. The average molecular weight is 154 g/mol. The molecular weight excluding hydrogens is 144 g/mol. The molecule has 60 valence electrons. The Morgan fingerprint density at radius 3 is 2.91 bits per heavy atom. The molecule has 4 rings (SSSR count). The number of hydrogen-bond acceptors (Lipinski definition) is 3. The fraction of sp³-hybridized carbons (Fsp3) is 0.875. The van der Waals surface area contributed by atoms with Crippen molar-refractivity contribution in [1.82, 2.24) is 0 Å². The van der Waals surface area contributed by atoms with Gasteiger partial charge in [-0.25, -0.2) is 0 Å². The second-order valence-corrected chi connectivity index (χ2v) is 3.88. The third-order valence-corrected chi connectivity index (χ3v) is 3.45. The van der Waals surface area contributed by atoms with Crippen molar-refractivity contribution in [3.63, 3.8) is 0 Å². The van der Waals surface area contributed by atoms with Crippen LogP contribution in [0.5, 0.6) is 0 Å². The first-order valence-electron chi connectivity index (χ1n) is 4.09. The molecule has 2 heterocycles. The molecule has 5 unspecified atom stereocenters. The minimum atomic E-state index is -0.781. The zero-order valence-corrected chi connectivity index (χ0v) is 6.06. The van der Waals surface area contributed by atoms with Crippen molar-refractivity contribution < 1.29 is 14.6 Å². The van der Waals surface area contributed by atoms with Crippen molar-refractivity contribution in [2.45, 2.75) is 30.7 Å². The fourth-order valence-corrected chi connectivity index (χ4v) is 2.89. The molecule has 2 saturated heterocycles. The molecule has 0 aromatic carbocycles. The molecule has 5 atom stereocenters. The summed E-state index contributed by atoms with van der Waals surface area (Å²) in [6.07, 6.45) is 2.30. The lowest BCUT2D eigenvalue weighted by Crippen LogP contribution is -2.37. The molecular formula is C8H10O3. The van der Waals surface area contributed by atoms with Gasteiger partial charge in [0.05, 0.1) is 12.2 Å². The maximum Gasteiger partial charge on any atom is 0.122 e. The smallest absolute Gasteiger partial charge is 0.122 e.